The summed E-state index contributed by atoms with van der Waals surface area (Å²) in [7, 11) is 0. The van der Waals surface area contributed by atoms with Crippen molar-refractivity contribution in [2.24, 2.45) is 0 Å². The van der Waals surface area contributed by atoms with Gasteiger partial charge in [0.15, 0.2) is 29.0 Å². The predicted octanol–water partition coefficient (Wildman–Crippen LogP) is 4.09. The van der Waals surface area contributed by atoms with Crippen LogP contribution in [-0.2, 0) is 47.5 Å². The Morgan fingerprint density at radius 3 is 2.00 bits per heavy atom. The second-order valence-electron chi connectivity index (χ2n) is 13.3. The highest BCUT2D eigenvalue weighted by molar-refractivity contribution is 6.29. The average molecular weight is 700 g/mol. The predicted molar refractivity (Wildman–Crippen MR) is 166 cm³/mol. The van der Waals surface area contributed by atoms with Crippen LogP contribution < -0.4 is 4.90 Å². The fourth-order valence-electron chi connectivity index (χ4n) is 4.96. The number of carbonyl (C=O) groups is 4. The van der Waals surface area contributed by atoms with Gasteiger partial charge in [0.2, 0.25) is 5.28 Å². The quantitative estimate of drug-likeness (QED) is 0.157. The Bertz CT molecular complexity index is 1490. The van der Waals surface area contributed by atoms with Gasteiger partial charge in [-0.25, -0.2) is 24.2 Å². The molecule has 0 radical (unpaired) electrons. The van der Waals surface area contributed by atoms with E-state index >= 15 is 0 Å². The van der Waals surface area contributed by atoms with Crippen LogP contribution in [0.2, 0.25) is 5.28 Å². The highest BCUT2D eigenvalue weighted by Crippen LogP contribution is 2.44. The van der Waals surface area contributed by atoms with Crippen molar-refractivity contribution in [1.29, 1.82) is 0 Å². The summed E-state index contributed by atoms with van der Waals surface area (Å²) >= 11 is 6.36. The van der Waals surface area contributed by atoms with Gasteiger partial charge in [-0.3, -0.25) is 4.57 Å². The van der Waals surface area contributed by atoms with Crippen molar-refractivity contribution in [3.63, 3.8) is 0 Å². The van der Waals surface area contributed by atoms with Gasteiger partial charge in [-0.1, -0.05) is 0 Å². The van der Waals surface area contributed by atoms with Gasteiger partial charge in [-0.15, -0.1) is 0 Å². The molecule has 2 fully saturated rings. The molecule has 0 saturated carbocycles. The van der Waals surface area contributed by atoms with Crippen LogP contribution in [0.15, 0.2) is 6.33 Å². The maximum atomic E-state index is 13.4. The van der Waals surface area contributed by atoms with Crippen molar-refractivity contribution in [2.75, 3.05) is 24.7 Å². The largest absolute Gasteiger partial charge is 0.464 e. The molecule has 2 aliphatic rings. The van der Waals surface area contributed by atoms with E-state index in [1.54, 1.807) is 69.2 Å². The van der Waals surface area contributed by atoms with Crippen LogP contribution in [0.1, 0.15) is 75.5 Å². The van der Waals surface area contributed by atoms with Crippen molar-refractivity contribution >= 4 is 52.7 Å². The fraction of sp³-hybridized carbons (Fsp3) is 0.700. The van der Waals surface area contributed by atoms with Crippen LogP contribution in [0, 0.1) is 0 Å². The number of amides is 2. The maximum Gasteiger partial charge on any atom is 0.425 e. The zero-order chi connectivity index (χ0) is 35.8. The first-order valence-electron chi connectivity index (χ1n) is 15.4. The first-order chi connectivity index (χ1) is 22.2. The number of nitrogens with zero attached hydrogens (tertiary/aromatic N) is 5. The van der Waals surface area contributed by atoms with E-state index in [9.17, 15) is 19.2 Å². The lowest BCUT2D eigenvalue weighted by molar-refractivity contribution is -0.206. The molecule has 0 unspecified atom stereocenters. The summed E-state index contributed by atoms with van der Waals surface area (Å²) in [6.45, 7) is 16.2. The molecule has 0 aromatic carbocycles. The van der Waals surface area contributed by atoms with Crippen molar-refractivity contribution in [3.05, 3.63) is 11.6 Å². The molecule has 48 heavy (non-hydrogen) atoms. The number of imidazole rings is 1. The second kappa shape index (κ2) is 14.1. The number of aromatic nitrogens is 4. The minimum Gasteiger partial charge on any atom is -0.464 e. The number of hydrogen-bond acceptors (Lipinski definition) is 15. The van der Waals surface area contributed by atoms with Crippen molar-refractivity contribution < 1.29 is 57.1 Å². The van der Waals surface area contributed by atoms with Crippen LogP contribution in [-0.4, -0.2) is 105 Å². The minimum atomic E-state index is -1.66. The molecule has 2 saturated heterocycles. The number of esters is 2. The second-order valence-corrected chi connectivity index (χ2v) is 13.6. The molecular formula is C30H42ClN5O12. The molecule has 0 bridgehead atoms. The van der Waals surface area contributed by atoms with Crippen LogP contribution in [0.25, 0.3) is 11.2 Å². The molecule has 4 heterocycles. The Morgan fingerprint density at radius 2 is 1.48 bits per heavy atom. The number of halogens is 1. The zero-order valence-corrected chi connectivity index (χ0v) is 29.4. The third-order valence-corrected chi connectivity index (χ3v) is 6.74. The summed E-state index contributed by atoms with van der Waals surface area (Å²) < 4.78 is 46.8. The van der Waals surface area contributed by atoms with Crippen LogP contribution in [0.4, 0.5) is 15.4 Å². The normalized spacial score (nSPS) is 22.0. The number of ether oxygens (including phenoxy) is 8. The van der Waals surface area contributed by atoms with Gasteiger partial charge in [-0.05, 0) is 80.8 Å². The lowest BCUT2D eigenvalue weighted by Crippen LogP contribution is -2.44. The number of rotatable bonds is 9. The minimum absolute atomic E-state index is 0.0150. The summed E-state index contributed by atoms with van der Waals surface area (Å²) in [5.41, 5.74) is -1.92. The van der Waals surface area contributed by atoms with Crippen molar-refractivity contribution in [2.45, 2.75) is 117 Å². The summed E-state index contributed by atoms with van der Waals surface area (Å²) in [4.78, 5) is 65.3. The SMILES string of the molecule is CCOC(=O)C(OC[C@H]1O[C@@H](n2cnc3c(N(C(=O)OC(C)(C)C)C(=O)OC(C)(C)C)nc(Cl)nc32)[C@@H]2OC(C)(C)O[C@@H]21)C(=O)OCC. The zero-order valence-electron chi connectivity index (χ0n) is 28.6. The Labute approximate surface area is 282 Å². The van der Waals surface area contributed by atoms with Crippen LogP contribution in [0.5, 0.6) is 0 Å². The first kappa shape index (κ1) is 37.2. The van der Waals surface area contributed by atoms with Gasteiger partial charge >= 0.3 is 24.1 Å². The van der Waals surface area contributed by atoms with Gasteiger partial charge in [0.05, 0.1) is 26.1 Å². The third kappa shape index (κ3) is 8.49. The smallest absolute Gasteiger partial charge is 0.425 e. The van der Waals surface area contributed by atoms with E-state index in [4.69, 9.17) is 49.5 Å². The summed E-state index contributed by atoms with van der Waals surface area (Å²) in [5.74, 6) is -3.18. The molecule has 2 aromatic heterocycles. The fourth-order valence-corrected chi connectivity index (χ4v) is 5.12. The Hall–Kier alpha value is -3.64. The topological polar surface area (TPSA) is 189 Å². The standard InChI is InChI=1S/C30H42ClN5O12/c1-11-41-23(37)19(24(38)42-12-2)43-13-15-17-18(46-30(9,10)45-17)22(44-15)35-14-32-16-20(35)33-25(31)34-21(16)36(26(39)47-28(3,4)5)27(40)48-29(6,7)8/h14-15,17-19,22H,11-13H2,1-10H3/t15-,17-,18-,22-/m1/s1. The number of anilines is 1. The van der Waals surface area contributed by atoms with Gasteiger partial charge in [0.25, 0.3) is 6.10 Å². The molecule has 4 atom stereocenters. The molecule has 0 N–H and O–H groups in total. The highest BCUT2D eigenvalue weighted by Gasteiger charge is 2.56. The van der Waals surface area contributed by atoms with Crippen LogP contribution >= 0.6 is 11.6 Å². The highest BCUT2D eigenvalue weighted by atomic mass is 35.5. The van der Waals surface area contributed by atoms with E-state index in [0.29, 0.717) is 4.90 Å². The average Bonchev–Trinajstić information content (AvgIpc) is 3.58. The Kier molecular flexibility index (Phi) is 10.9. The number of fused-ring (bicyclic) bond motifs is 2. The van der Waals surface area contributed by atoms with Gasteiger partial charge in [0, 0.05) is 0 Å². The summed E-state index contributed by atoms with van der Waals surface area (Å²) in [5, 5.41) is -0.332. The van der Waals surface area contributed by atoms with Gasteiger partial charge in [-0.2, -0.15) is 14.9 Å². The number of imide groups is 1. The van der Waals surface area contributed by atoms with Gasteiger partial charge < -0.3 is 37.9 Å². The van der Waals surface area contributed by atoms with E-state index in [-0.39, 0.29) is 42.1 Å². The van der Waals surface area contributed by atoms with Crippen LogP contribution in [0.3, 0.4) is 0 Å². The molecule has 18 heteroatoms. The van der Waals surface area contributed by atoms with Gasteiger partial charge in [0.1, 0.15) is 29.5 Å². The number of hydrogen-bond donors (Lipinski definition) is 0. The lowest BCUT2D eigenvalue weighted by Gasteiger charge is -2.28. The maximum absolute atomic E-state index is 13.4. The molecule has 266 valence electrons. The monoisotopic (exact) mass is 699 g/mol. The van der Waals surface area contributed by atoms with E-state index in [1.165, 1.54) is 10.9 Å². The van der Waals surface area contributed by atoms with E-state index in [0.717, 1.165) is 0 Å². The summed E-state index contributed by atoms with van der Waals surface area (Å²) in [6, 6.07) is 0. The molecular weight excluding hydrogens is 658 g/mol. The molecule has 2 aliphatic heterocycles. The molecule has 2 aromatic rings. The van der Waals surface area contributed by atoms with E-state index < -0.39 is 71.8 Å². The van der Waals surface area contributed by atoms with Crippen molar-refractivity contribution in [3.8, 4) is 0 Å². The van der Waals surface area contributed by atoms with Crippen molar-refractivity contribution in [1.82, 2.24) is 19.5 Å². The summed E-state index contributed by atoms with van der Waals surface area (Å²) in [6.07, 6.45) is -5.84. The number of carbonyl (C=O) groups excluding carboxylic acids is 4. The molecule has 0 aliphatic carbocycles. The lowest BCUT2D eigenvalue weighted by atomic mass is 10.1. The molecule has 0 spiro atoms. The first-order valence-corrected chi connectivity index (χ1v) is 15.7. The van der Waals surface area contributed by atoms with E-state index in [1.807, 2.05) is 0 Å². The Balaban J connectivity index is 1.72. The molecule has 4 rings (SSSR count). The van der Waals surface area contributed by atoms with E-state index in [2.05, 4.69) is 15.0 Å². The molecule has 17 nitrogen and oxygen atoms in total. The third-order valence-electron chi connectivity index (χ3n) is 6.57. The molecule has 2 amide bonds. The Morgan fingerprint density at radius 1 is 0.938 bits per heavy atom.